The smallest absolute Gasteiger partial charge is 0.00111 e. The summed E-state index contributed by atoms with van der Waals surface area (Å²) in [7, 11) is 0. The van der Waals surface area contributed by atoms with Gasteiger partial charge in [-0.05, 0) is 53.8 Å². The molecule has 0 bridgehead atoms. The first-order valence-electron chi connectivity index (χ1n) is 7.73. The molecule has 1 aliphatic heterocycles. The zero-order chi connectivity index (χ0) is 14.1. The molecule has 1 saturated heterocycles. The quantitative estimate of drug-likeness (QED) is 0.590. The lowest BCUT2D eigenvalue weighted by Gasteiger charge is -2.22. The lowest BCUT2D eigenvalue weighted by atomic mass is 9.86. The lowest BCUT2D eigenvalue weighted by Crippen LogP contribution is -2.24. The molecule has 1 heterocycles. The predicted octanol–water partition coefficient (Wildman–Crippen LogP) is 5.20. The molecule has 120 valence electrons. The van der Waals surface area contributed by atoms with Crippen LogP contribution in [0, 0.1) is 0 Å². The first-order chi connectivity index (χ1) is 10.4. The fourth-order valence-electron chi connectivity index (χ4n) is 3.42. The molecule has 2 aromatic carbocycles. The van der Waals surface area contributed by atoms with Gasteiger partial charge in [-0.3, -0.25) is 0 Å². The van der Waals surface area contributed by atoms with E-state index in [9.17, 15) is 0 Å². The molecule has 0 atom stereocenters. The second kappa shape index (κ2) is 7.83. The van der Waals surface area contributed by atoms with Crippen LogP contribution in [0.2, 0.25) is 0 Å². The number of halogens is 2. The van der Waals surface area contributed by atoms with Crippen molar-refractivity contribution in [3.63, 3.8) is 0 Å². The van der Waals surface area contributed by atoms with Gasteiger partial charge in [0.15, 0.2) is 0 Å². The average molecular weight is 346 g/mol. The number of rotatable bonds is 0. The monoisotopic (exact) mass is 345 g/mol. The topological polar surface area (TPSA) is 12.0 Å². The highest BCUT2D eigenvalue weighted by molar-refractivity contribution is 5.94. The third kappa shape index (κ3) is 3.37. The maximum atomic E-state index is 3.47. The van der Waals surface area contributed by atoms with Gasteiger partial charge in [0.2, 0.25) is 0 Å². The van der Waals surface area contributed by atoms with E-state index in [1.165, 1.54) is 27.8 Å². The second-order valence-corrected chi connectivity index (χ2v) is 5.74. The molecule has 2 aromatic rings. The highest BCUT2D eigenvalue weighted by Gasteiger charge is 2.19. The predicted molar refractivity (Wildman–Crippen MR) is 104 cm³/mol. The summed E-state index contributed by atoms with van der Waals surface area (Å²) in [5.41, 5.74) is 8.49. The first-order valence-corrected chi connectivity index (χ1v) is 7.73. The van der Waals surface area contributed by atoms with Gasteiger partial charge in [0, 0.05) is 0 Å². The first kappa shape index (κ1) is 17.8. The summed E-state index contributed by atoms with van der Waals surface area (Å²) in [5.74, 6) is 0. The number of nitrogens with one attached hydrogen (secondary N) is 1. The molecule has 1 aliphatic carbocycles. The van der Waals surface area contributed by atoms with Crippen molar-refractivity contribution >= 4 is 42.5 Å². The molecule has 1 N–H and O–H groups in total. The van der Waals surface area contributed by atoms with E-state index in [1.807, 2.05) is 0 Å². The van der Waals surface area contributed by atoms with E-state index in [4.69, 9.17) is 0 Å². The van der Waals surface area contributed by atoms with Crippen LogP contribution in [-0.2, 0) is 0 Å². The lowest BCUT2D eigenvalue weighted by molar-refractivity contribution is 0.611. The van der Waals surface area contributed by atoms with Crippen LogP contribution in [0.3, 0.4) is 0 Å². The fourth-order valence-corrected chi connectivity index (χ4v) is 3.42. The minimum atomic E-state index is 0. The average Bonchev–Trinajstić information content (AvgIpc) is 2.72. The van der Waals surface area contributed by atoms with Gasteiger partial charge >= 0.3 is 0 Å². The minimum absolute atomic E-state index is 0. The number of hydrogen-bond donors (Lipinski definition) is 1. The Hall–Kier alpha value is -1.54. The van der Waals surface area contributed by atoms with Gasteiger partial charge in [-0.25, -0.2) is 0 Å². The molecule has 0 unspecified atom stereocenters. The van der Waals surface area contributed by atoms with Gasteiger partial charge in [0.05, 0.1) is 0 Å². The summed E-state index contributed by atoms with van der Waals surface area (Å²) >= 11 is 0. The summed E-state index contributed by atoms with van der Waals surface area (Å²) in [4.78, 5) is 0. The highest BCUT2D eigenvalue weighted by atomic mass is 35.5. The van der Waals surface area contributed by atoms with E-state index in [-0.39, 0.29) is 24.8 Å². The zero-order valence-corrected chi connectivity index (χ0v) is 14.6. The molecule has 3 heteroatoms. The molecule has 0 spiro atoms. The number of fused-ring (bicyclic) bond motifs is 2. The number of hydrogen-bond acceptors (Lipinski definition) is 1. The molecule has 0 radical (unpaired) electrons. The van der Waals surface area contributed by atoms with Crippen molar-refractivity contribution in [1.29, 1.82) is 0 Å². The Bertz CT molecular complexity index is 687. The van der Waals surface area contributed by atoms with Crippen LogP contribution >= 0.6 is 24.8 Å². The van der Waals surface area contributed by atoms with E-state index in [2.05, 4.69) is 66.0 Å². The third-order valence-corrected chi connectivity index (χ3v) is 4.46. The van der Waals surface area contributed by atoms with Gasteiger partial charge in [-0.2, -0.15) is 0 Å². The van der Waals surface area contributed by atoms with Gasteiger partial charge in [0.25, 0.3) is 0 Å². The SMILES string of the molecule is C1=Cc2ccccc2C(=C2CCNCC2)c2ccccc21.Cl.Cl. The van der Waals surface area contributed by atoms with E-state index >= 15 is 0 Å². The van der Waals surface area contributed by atoms with Crippen molar-refractivity contribution in [2.45, 2.75) is 12.8 Å². The number of piperidine rings is 1. The van der Waals surface area contributed by atoms with Crippen LogP contribution in [0.5, 0.6) is 0 Å². The van der Waals surface area contributed by atoms with Crippen molar-refractivity contribution in [2.24, 2.45) is 0 Å². The van der Waals surface area contributed by atoms with Crippen LogP contribution in [0.15, 0.2) is 54.1 Å². The Morgan fingerprint density at radius 1 is 0.652 bits per heavy atom. The standard InChI is InChI=1S/C20H19N.2ClH/c1-3-7-18-15(5-1)9-10-16-6-2-4-8-19(16)20(18)17-11-13-21-14-12-17;;/h1-10,21H,11-14H2;2*1H. The minimum Gasteiger partial charge on any atom is -0.316 e. The van der Waals surface area contributed by atoms with Gasteiger partial charge in [0.1, 0.15) is 0 Å². The fraction of sp³-hybridized carbons (Fsp3) is 0.200. The molecule has 0 aromatic heterocycles. The number of benzene rings is 2. The maximum Gasteiger partial charge on any atom is -0.00111 e. The van der Waals surface area contributed by atoms with Crippen molar-refractivity contribution in [1.82, 2.24) is 5.32 Å². The Kier molecular flexibility index (Phi) is 6.06. The van der Waals surface area contributed by atoms with Crippen LogP contribution in [0.4, 0.5) is 0 Å². The summed E-state index contributed by atoms with van der Waals surface area (Å²) in [5, 5.41) is 3.47. The van der Waals surface area contributed by atoms with E-state index in [1.54, 1.807) is 5.57 Å². The van der Waals surface area contributed by atoms with Crippen molar-refractivity contribution in [3.8, 4) is 0 Å². The Balaban J connectivity index is 0.000000960. The van der Waals surface area contributed by atoms with Crippen molar-refractivity contribution in [3.05, 3.63) is 76.4 Å². The molecule has 2 aliphatic rings. The van der Waals surface area contributed by atoms with Gasteiger partial charge in [-0.15, -0.1) is 24.8 Å². The molecule has 1 nitrogen and oxygen atoms in total. The highest BCUT2D eigenvalue weighted by Crippen LogP contribution is 2.37. The second-order valence-electron chi connectivity index (χ2n) is 5.74. The third-order valence-electron chi connectivity index (χ3n) is 4.46. The van der Waals surface area contributed by atoms with Crippen molar-refractivity contribution in [2.75, 3.05) is 13.1 Å². The van der Waals surface area contributed by atoms with Gasteiger partial charge < -0.3 is 5.32 Å². The van der Waals surface area contributed by atoms with Crippen molar-refractivity contribution < 1.29 is 0 Å². The van der Waals surface area contributed by atoms with E-state index < -0.39 is 0 Å². The zero-order valence-electron chi connectivity index (χ0n) is 12.9. The molecule has 23 heavy (non-hydrogen) atoms. The maximum absolute atomic E-state index is 3.47. The van der Waals surface area contributed by atoms with Crippen LogP contribution < -0.4 is 5.32 Å². The molecule has 0 saturated carbocycles. The molecule has 1 fully saturated rings. The van der Waals surface area contributed by atoms with E-state index in [0.717, 1.165) is 25.9 Å². The Labute approximate surface area is 150 Å². The van der Waals surface area contributed by atoms with Crippen LogP contribution in [0.1, 0.15) is 35.1 Å². The summed E-state index contributed by atoms with van der Waals surface area (Å²) < 4.78 is 0. The largest absolute Gasteiger partial charge is 0.316 e. The Morgan fingerprint density at radius 3 is 1.65 bits per heavy atom. The Morgan fingerprint density at radius 2 is 1.13 bits per heavy atom. The van der Waals surface area contributed by atoms with Crippen LogP contribution in [0.25, 0.3) is 17.7 Å². The van der Waals surface area contributed by atoms with Crippen LogP contribution in [-0.4, -0.2) is 13.1 Å². The molecule has 4 rings (SSSR count). The van der Waals surface area contributed by atoms with E-state index in [0.29, 0.717) is 0 Å². The van der Waals surface area contributed by atoms with Gasteiger partial charge in [-0.1, -0.05) is 66.3 Å². The summed E-state index contributed by atoms with van der Waals surface area (Å²) in [6.07, 6.45) is 6.81. The summed E-state index contributed by atoms with van der Waals surface area (Å²) in [6.45, 7) is 2.19. The summed E-state index contributed by atoms with van der Waals surface area (Å²) in [6, 6.07) is 17.6. The molecular formula is C20H21Cl2N. The molecule has 0 amide bonds. The molecular weight excluding hydrogens is 325 g/mol. The normalized spacial score (nSPS) is 15.7.